The third-order valence-electron chi connectivity index (χ3n) is 9.73. The third kappa shape index (κ3) is 5.82. The van der Waals surface area contributed by atoms with Crippen LogP contribution in [0.25, 0.3) is 0 Å². The van der Waals surface area contributed by atoms with Gasteiger partial charge in [-0.1, -0.05) is 55.1 Å². The molecule has 0 radical (unpaired) electrons. The van der Waals surface area contributed by atoms with Crippen LogP contribution in [0.15, 0.2) is 60.0 Å². The molecule has 10 heteroatoms. The maximum atomic E-state index is 13.2. The molecule has 9 nitrogen and oxygen atoms in total. The lowest BCUT2D eigenvalue weighted by Crippen LogP contribution is -2.60. The number of aliphatic hydroxyl groups is 1. The van der Waals surface area contributed by atoms with E-state index in [0.29, 0.717) is 5.75 Å². The van der Waals surface area contributed by atoms with Crippen molar-refractivity contribution in [2.75, 3.05) is 11.1 Å². The van der Waals surface area contributed by atoms with Crippen LogP contribution in [-0.4, -0.2) is 43.7 Å². The number of H-pyrrole nitrogens is 1. The van der Waals surface area contributed by atoms with Crippen molar-refractivity contribution in [3.05, 3.63) is 71.5 Å². The standard InChI is InChI=1S/C32H39N5O4S/c1-19-27(17-42-31-33-18-34-37-31)40-29(41-28(19)24-7-5-20(16-38)6-8-24)25-3-2-4-26(12-25)35-30(39)36-32-13-21-9-22(14-32)11-23(10-21)15-32/h2-8,12,18-19,21-23,27-29,38H,9-11,13-17H2,1H3,(H,33,34,37)(H2,35,36,39)/t19-,21?,22?,23?,27+,28+,29+,32?/m0/s1. The van der Waals surface area contributed by atoms with E-state index in [1.165, 1.54) is 25.6 Å². The van der Waals surface area contributed by atoms with Crippen molar-refractivity contribution in [3.8, 4) is 0 Å². The number of urea groups is 1. The molecular formula is C32H39N5O4S. The summed E-state index contributed by atoms with van der Waals surface area (Å²) in [4.78, 5) is 17.5. The lowest BCUT2D eigenvalue weighted by molar-refractivity contribution is -0.268. The van der Waals surface area contributed by atoms with Crippen molar-refractivity contribution >= 4 is 23.5 Å². The minimum atomic E-state index is -0.614. The van der Waals surface area contributed by atoms with Crippen molar-refractivity contribution < 1.29 is 19.4 Å². The average molecular weight is 590 g/mol. The first-order valence-corrected chi connectivity index (χ1v) is 16.1. The van der Waals surface area contributed by atoms with Crippen LogP contribution in [0.1, 0.15) is 74.5 Å². The summed E-state index contributed by atoms with van der Waals surface area (Å²) in [5.74, 6) is 3.04. The lowest BCUT2D eigenvalue weighted by atomic mass is 9.53. The fourth-order valence-electron chi connectivity index (χ4n) is 8.16. The quantitative estimate of drug-likeness (QED) is 0.239. The van der Waals surface area contributed by atoms with E-state index in [1.807, 2.05) is 48.5 Å². The molecular weight excluding hydrogens is 550 g/mol. The van der Waals surface area contributed by atoms with Crippen molar-refractivity contribution in [3.63, 3.8) is 0 Å². The molecule has 5 aliphatic rings. The Bertz CT molecular complexity index is 1350. The van der Waals surface area contributed by atoms with Crippen LogP contribution < -0.4 is 10.6 Å². The molecule has 0 spiro atoms. The fraction of sp³-hybridized carbons (Fsp3) is 0.531. The maximum absolute atomic E-state index is 13.2. The van der Waals surface area contributed by atoms with Gasteiger partial charge < -0.3 is 25.2 Å². The largest absolute Gasteiger partial charge is 0.392 e. The number of rotatable bonds is 8. The number of benzene rings is 2. The number of aromatic nitrogens is 3. The molecule has 3 aromatic rings. The first kappa shape index (κ1) is 27.9. The predicted octanol–water partition coefficient (Wildman–Crippen LogP) is 5.97. The van der Waals surface area contributed by atoms with Crippen molar-refractivity contribution in [1.82, 2.24) is 20.5 Å². The SMILES string of the molecule is C[C@H]1[C@@H](CSc2ncn[nH]2)O[C@@H](c2cccc(NC(=O)NC34CC5CC(CC(C5)C3)C4)c2)O[C@H]1c1ccc(CO)cc1. The van der Waals surface area contributed by atoms with Crippen molar-refractivity contribution in [2.24, 2.45) is 23.7 Å². The van der Waals surface area contributed by atoms with Gasteiger partial charge in [0.05, 0.1) is 18.8 Å². The molecule has 1 aromatic heterocycles. The zero-order valence-corrected chi connectivity index (χ0v) is 24.7. The molecule has 42 heavy (non-hydrogen) atoms. The lowest BCUT2D eigenvalue weighted by Gasteiger charge is -2.56. The van der Waals surface area contributed by atoms with Gasteiger partial charge in [-0.2, -0.15) is 5.10 Å². The van der Waals surface area contributed by atoms with E-state index in [2.05, 4.69) is 32.7 Å². The Morgan fingerprint density at radius 1 is 1.05 bits per heavy atom. The minimum absolute atomic E-state index is 0.000224. The molecule has 222 valence electrons. The van der Waals surface area contributed by atoms with Gasteiger partial charge in [0.1, 0.15) is 6.33 Å². The number of amides is 2. The topological polar surface area (TPSA) is 121 Å². The highest BCUT2D eigenvalue weighted by Crippen LogP contribution is 2.55. The van der Waals surface area contributed by atoms with Gasteiger partial charge >= 0.3 is 6.03 Å². The predicted molar refractivity (Wildman–Crippen MR) is 160 cm³/mol. The molecule has 4 atom stereocenters. The number of hydrogen-bond acceptors (Lipinski definition) is 7. The number of anilines is 1. The van der Waals surface area contributed by atoms with Gasteiger partial charge in [-0.3, -0.25) is 5.10 Å². The average Bonchev–Trinajstić information content (AvgIpc) is 3.50. The van der Waals surface area contributed by atoms with Crippen LogP contribution in [0.3, 0.4) is 0 Å². The van der Waals surface area contributed by atoms with Gasteiger partial charge in [0, 0.05) is 28.5 Å². The smallest absolute Gasteiger partial charge is 0.319 e. The molecule has 0 unspecified atom stereocenters. The second-order valence-corrected chi connectivity index (χ2v) is 13.8. The highest BCUT2D eigenvalue weighted by molar-refractivity contribution is 7.99. The maximum Gasteiger partial charge on any atom is 0.319 e. The highest BCUT2D eigenvalue weighted by Gasteiger charge is 2.51. The van der Waals surface area contributed by atoms with Crippen LogP contribution in [0.2, 0.25) is 0 Å². The van der Waals surface area contributed by atoms with Gasteiger partial charge in [-0.15, -0.1) is 0 Å². The summed E-state index contributed by atoms with van der Waals surface area (Å²) in [5.41, 5.74) is 3.41. The van der Waals surface area contributed by atoms with Gasteiger partial charge in [0.2, 0.25) is 0 Å². The van der Waals surface area contributed by atoms with Crippen LogP contribution in [0.5, 0.6) is 0 Å². The highest BCUT2D eigenvalue weighted by atomic mass is 32.2. The van der Waals surface area contributed by atoms with Crippen molar-refractivity contribution in [2.45, 2.75) is 81.2 Å². The summed E-state index contributed by atoms with van der Waals surface area (Å²) >= 11 is 1.57. The number of ether oxygens (including phenoxy) is 2. The number of nitrogens with one attached hydrogen (secondary N) is 3. The minimum Gasteiger partial charge on any atom is -0.392 e. The number of thioether (sulfide) groups is 1. The molecule has 8 rings (SSSR count). The molecule has 2 amide bonds. The Morgan fingerprint density at radius 2 is 1.79 bits per heavy atom. The Kier molecular flexibility index (Phi) is 7.73. The first-order chi connectivity index (χ1) is 20.4. The molecule has 2 aromatic carbocycles. The molecule has 1 saturated heterocycles. The van der Waals surface area contributed by atoms with Crippen LogP contribution in [-0.2, 0) is 16.1 Å². The summed E-state index contributed by atoms with van der Waals surface area (Å²) in [6.45, 7) is 2.14. The summed E-state index contributed by atoms with van der Waals surface area (Å²) < 4.78 is 13.2. The summed E-state index contributed by atoms with van der Waals surface area (Å²) in [6.07, 6.45) is 7.91. The molecule has 1 aliphatic heterocycles. The van der Waals surface area contributed by atoms with Gasteiger partial charge in [0.15, 0.2) is 11.4 Å². The normalized spacial score (nSPS) is 33.4. The zero-order chi connectivity index (χ0) is 28.7. The molecule has 4 aliphatic carbocycles. The monoisotopic (exact) mass is 589 g/mol. The van der Waals surface area contributed by atoms with E-state index >= 15 is 0 Å². The van der Waals surface area contributed by atoms with Crippen molar-refractivity contribution in [1.29, 1.82) is 0 Å². The van der Waals surface area contributed by atoms with E-state index in [1.54, 1.807) is 11.8 Å². The molecule has 2 heterocycles. The van der Waals surface area contributed by atoms with Gasteiger partial charge in [0.25, 0.3) is 0 Å². The Labute approximate surface area is 250 Å². The van der Waals surface area contributed by atoms with E-state index in [9.17, 15) is 9.90 Å². The fourth-order valence-corrected chi connectivity index (χ4v) is 9.11. The van der Waals surface area contributed by atoms with Crippen LogP contribution >= 0.6 is 11.8 Å². The second kappa shape index (κ2) is 11.6. The van der Waals surface area contributed by atoms with E-state index < -0.39 is 6.29 Å². The third-order valence-corrected chi connectivity index (χ3v) is 10.7. The summed E-state index contributed by atoms with van der Waals surface area (Å²) in [6, 6.07) is 15.5. The number of hydrogen-bond donors (Lipinski definition) is 4. The van der Waals surface area contributed by atoms with Gasteiger partial charge in [-0.25, -0.2) is 9.78 Å². The second-order valence-electron chi connectivity index (χ2n) is 12.8. The van der Waals surface area contributed by atoms with E-state index in [0.717, 1.165) is 64.6 Å². The Morgan fingerprint density at radius 3 is 2.45 bits per heavy atom. The zero-order valence-electron chi connectivity index (χ0n) is 23.9. The van der Waals surface area contributed by atoms with E-state index in [-0.39, 0.29) is 36.3 Å². The Balaban J connectivity index is 1.07. The number of nitrogens with zero attached hydrogens (tertiary/aromatic N) is 2. The summed E-state index contributed by atoms with van der Waals surface area (Å²) in [7, 11) is 0. The molecule has 5 fully saturated rings. The number of carbonyl (C=O) groups excluding carboxylic acids is 1. The summed E-state index contributed by atoms with van der Waals surface area (Å²) in [5, 5.41) is 23.6. The van der Waals surface area contributed by atoms with Gasteiger partial charge in [-0.05, 0) is 79.5 Å². The molecule has 4 saturated carbocycles. The number of carbonyl (C=O) groups is 1. The van der Waals surface area contributed by atoms with Crippen LogP contribution in [0, 0.1) is 23.7 Å². The van der Waals surface area contributed by atoms with Crippen LogP contribution in [0.4, 0.5) is 10.5 Å². The first-order valence-electron chi connectivity index (χ1n) is 15.1. The van der Waals surface area contributed by atoms with E-state index in [4.69, 9.17) is 9.47 Å². The molecule has 4 N–H and O–H groups in total. The molecule has 4 bridgehead atoms. The number of aliphatic hydroxyl groups excluding tert-OH is 1. The number of aromatic amines is 1. The Hall–Kier alpha value is -2.92.